The number of anilines is 2. The molecular formula is C21H25N5O2S. The third-order valence-corrected chi connectivity index (χ3v) is 6.54. The quantitative estimate of drug-likeness (QED) is 0.706. The number of hydrogen-bond donors (Lipinski definition) is 1. The molecule has 0 radical (unpaired) electrons. The van der Waals surface area contributed by atoms with Crippen molar-refractivity contribution in [2.75, 3.05) is 29.9 Å². The normalized spacial score (nSPS) is 19.8. The Morgan fingerprint density at radius 3 is 2.86 bits per heavy atom. The van der Waals surface area contributed by atoms with Crippen LogP contribution in [-0.4, -0.2) is 46.3 Å². The number of amides is 1. The van der Waals surface area contributed by atoms with Gasteiger partial charge in [0.15, 0.2) is 5.82 Å². The molecule has 1 atom stereocenters. The Kier molecular flexibility index (Phi) is 4.97. The molecule has 1 unspecified atom stereocenters. The van der Waals surface area contributed by atoms with Gasteiger partial charge in [0.25, 0.3) is 5.91 Å². The van der Waals surface area contributed by atoms with Crippen molar-refractivity contribution in [1.82, 2.24) is 14.6 Å². The fourth-order valence-electron chi connectivity index (χ4n) is 4.04. The van der Waals surface area contributed by atoms with Gasteiger partial charge in [-0.15, -0.1) is 5.10 Å². The number of aryl methyl sites for hydroxylation is 1. The number of imidazole rings is 1. The fraction of sp³-hybridized carbons (Fsp3) is 0.476. The van der Waals surface area contributed by atoms with E-state index in [1.54, 1.807) is 15.9 Å². The second-order valence-corrected chi connectivity index (χ2v) is 8.73. The summed E-state index contributed by atoms with van der Waals surface area (Å²) in [6, 6.07) is 8.17. The van der Waals surface area contributed by atoms with Crippen LogP contribution in [0.4, 0.5) is 10.9 Å². The van der Waals surface area contributed by atoms with Gasteiger partial charge in [-0.25, -0.2) is 4.98 Å². The molecule has 0 saturated carbocycles. The van der Waals surface area contributed by atoms with E-state index in [1.165, 1.54) is 19.3 Å². The highest BCUT2D eigenvalue weighted by Crippen LogP contribution is 2.34. The first-order chi connectivity index (χ1) is 14.2. The maximum atomic E-state index is 12.8. The van der Waals surface area contributed by atoms with Crippen LogP contribution < -0.4 is 10.2 Å². The van der Waals surface area contributed by atoms with Gasteiger partial charge in [0.05, 0.1) is 0 Å². The standard InChI is InChI=1S/C21H25N5O2S/c1-14-7-5-8-15(13-14)17-18(23-19(27)16-9-6-12-28-16)26-20(22-17)29-21(24-26)25-10-3-2-4-11-25/h5,7-8,13,16H,2-4,6,9-12H2,1H3,(H,23,27). The predicted molar refractivity (Wildman–Crippen MR) is 115 cm³/mol. The van der Waals surface area contributed by atoms with Gasteiger partial charge in [-0.3, -0.25) is 4.79 Å². The van der Waals surface area contributed by atoms with Crippen LogP contribution in [0.1, 0.15) is 37.7 Å². The topological polar surface area (TPSA) is 71.8 Å². The molecule has 1 amide bonds. The fourth-order valence-corrected chi connectivity index (χ4v) is 4.99. The van der Waals surface area contributed by atoms with Crippen LogP contribution in [0.15, 0.2) is 24.3 Å². The summed E-state index contributed by atoms with van der Waals surface area (Å²) >= 11 is 1.58. The number of piperidine rings is 1. The van der Waals surface area contributed by atoms with Crippen molar-refractivity contribution < 1.29 is 9.53 Å². The van der Waals surface area contributed by atoms with E-state index in [0.29, 0.717) is 12.4 Å². The molecule has 2 saturated heterocycles. The molecule has 2 fully saturated rings. The summed E-state index contributed by atoms with van der Waals surface area (Å²) in [5.41, 5.74) is 2.88. The number of hydrogen-bond acceptors (Lipinski definition) is 6. The number of ether oxygens (including phenoxy) is 1. The van der Waals surface area contributed by atoms with E-state index in [9.17, 15) is 4.79 Å². The van der Waals surface area contributed by atoms with Crippen LogP contribution in [0.2, 0.25) is 0 Å². The number of fused-ring (bicyclic) bond motifs is 1. The van der Waals surface area contributed by atoms with Crippen molar-refractivity contribution in [3.8, 4) is 11.3 Å². The number of rotatable bonds is 4. The second kappa shape index (κ2) is 7.76. The highest BCUT2D eigenvalue weighted by Gasteiger charge is 2.28. The molecule has 2 aliphatic heterocycles. The largest absolute Gasteiger partial charge is 0.368 e. The van der Waals surface area contributed by atoms with E-state index in [1.807, 2.05) is 12.1 Å². The molecule has 29 heavy (non-hydrogen) atoms. The van der Waals surface area contributed by atoms with E-state index in [4.69, 9.17) is 14.8 Å². The summed E-state index contributed by atoms with van der Waals surface area (Å²) < 4.78 is 7.36. The molecular weight excluding hydrogens is 386 g/mol. The summed E-state index contributed by atoms with van der Waals surface area (Å²) in [5.74, 6) is 0.510. The van der Waals surface area contributed by atoms with Crippen molar-refractivity contribution in [2.24, 2.45) is 0 Å². The van der Waals surface area contributed by atoms with Gasteiger partial charge in [-0.2, -0.15) is 4.52 Å². The van der Waals surface area contributed by atoms with Crippen molar-refractivity contribution in [2.45, 2.75) is 45.1 Å². The van der Waals surface area contributed by atoms with E-state index in [2.05, 4.69) is 29.3 Å². The molecule has 2 aromatic heterocycles. The Hall–Kier alpha value is -2.45. The first kappa shape index (κ1) is 18.6. The minimum atomic E-state index is -0.397. The maximum Gasteiger partial charge on any atom is 0.254 e. The molecule has 7 nitrogen and oxygen atoms in total. The van der Waals surface area contributed by atoms with Gasteiger partial charge < -0.3 is 15.0 Å². The van der Waals surface area contributed by atoms with Crippen LogP contribution in [0.25, 0.3) is 16.2 Å². The second-order valence-electron chi connectivity index (χ2n) is 7.80. The van der Waals surface area contributed by atoms with Gasteiger partial charge in [0, 0.05) is 25.3 Å². The van der Waals surface area contributed by atoms with Crippen molar-refractivity contribution in [3.63, 3.8) is 0 Å². The van der Waals surface area contributed by atoms with Crippen LogP contribution in [0, 0.1) is 6.92 Å². The van der Waals surface area contributed by atoms with Crippen LogP contribution in [0.3, 0.4) is 0 Å². The molecule has 2 aliphatic rings. The zero-order valence-electron chi connectivity index (χ0n) is 16.6. The average molecular weight is 412 g/mol. The SMILES string of the molecule is Cc1cccc(-c2nc3sc(N4CCCCC4)nn3c2NC(=O)C2CCCO2)c1. The van der Waals surface area contributed by atoms with E-state index in [0.717, 1.165) is 52.8 Å². The Balaban J connectivity index is 1.55. The Labute approximate surface area is 173 Å². The minimum Gasteiger partial charge on any atom is -0.368 e. The van der Waals surface area contributed by atoms with Crippen molar-refractivity contribution in [3.05, 3.63) is 29.8 Å². The maximum absolute atomic E-state index is 12.8. The van der Waals surface area contributed by atoms with E-state index >= 15 is 0 Å². The zero-order chi connectivity index (χ0) is 19.8. The first-order valence-electron chi connectivity index (χ1n) is 10.3. The van der Waals surface area contributed by atoms with Gasteiger partial charge in [0.2, 0.25) is 10.1 Å². The summed E-state index contributed by atoms with van der Waals surface area (Å²) in [6.07, 6.45) is 4.94. The third-order valence-electron chi connectivity index (χ3n) is 5.57. The molecule has 3 aromatic rings. The van der Waals surface area contributed by atoms with E-state index < -0.39 is 6.10 Å². The van der Waals surface area contributed by atoms with Gasteiger partial charge in [0.1, 0.15) is 11.8 Å². The van der Waals surface area contributed by atoms with Crippen LogP contribution >= 0.6 is 11.3 Å². The summed E-state index contributed by atoms with van der Waals surface area (Å²) in [7, 11) is 0. The highest BCUT2D eigenvalue weighted by molar-refractivity contribution is 7.20. The van der Waals surface area contributed by atoms with Gasteiger partial charge >= 0.3 is 0 Å². The van der Waals surface area contributed by atoms with Crippen LogP contribution in [0.5, 0.6) is 0 Å². The lowest BCUT2D eigenvalue weighted by Gasteiger charge is -2.25. The molecule has 5 rings (SSSR count). The Morgan fingerprint density at radius 1 is 1.24 bits per heavy atom. The number of nitrogens with zero attached hydrogens (tertiary/aromatic N) is 4. The average Bonchev–Trinajstić information content (AvgIpc) is 3.46. The molecule has 0 aliphatic carbocycles. The lowest BCUT2D eigenvalue weighted by Crippen LogP contribution is -2.29. The zero-order valence-corrected chi connectivity index (χ0v) is 17.4. The molecule has 0 bridgehead atoms. The molecule has 1 N–H and O–H groups in total. The third kappa shape index (κ3) is 3.62. The smallest absolute Gasteiger partial charge is 0.254 e. The lowest BCUT2D eigenvalue weighted by molar-refractivity contribution is -0.124. The molecule has 4 heterocycles. The molecule has 0 spiro atoms. The molecule has 152 valence electrons. The van der Waals surface area contributed by atoms with Crippen molar-refractivity contribution >= 4 is 33.2 Å². The van der Waals surface area contributed by atoms with Crippen LogP contribution in [-0.2, 0) is 9.53 Å². The summed E-state index contributed by atoms with van der Waals surface area (Å²) in [4.78, 5) is 20.8. The lowest BCUT2D eigenvalue weighted by atomic mass is 10.1. The number of carbonyl (C=O) groups excluding carboxylic acids is 1. The minimum absolute atomic E-state index is 0.120. The van der Waals surface area contributed by atoms with Gasteiger partial charge in [-0.1, -0.05) is 35.1 Å². The summed E-state index contributed by atoms with van der Waals surface area (Å²) in [6.45, 7) is 4.75. The highest BCUT2D eigenvalue weighted by atomic mass is 32.1. The number of aromatic nitrogens is 3. The van der Waals surface area contributed by atoms with Crippen molar-refractivity contribution in [1.29, 1.82) is 0 Å². The first-order valence-corrected chi connectivity index (χ1v) is 11.1. The number of carbonyl (C=O) groups is 1. The number of nitrogens with one attached hydrogen (secondary N) is 1. The Bertz CT molecular complexity index is 1030. The van der Waals surface area contributed by atoms with E-state index in [-0.39, 0.29) is 5.91 Å². The molecule has 1 aromatic carbocycles. The van der Waals surface area contributed by atoms with Gasteiger partial charge in [-0.05, 0) is 45.1 Å². The Morgan fingerprint density at radius 2 is 2.10 bits per heavy atom. The molecule has 8 heteroatoms. The number of benzene rings is 1. The summed E-state index contributed by atoms with van der Waals surface area (Å²) in [5, 5.41) is 8.87. The predicted octanol–water partition coefficient (Wildman–Crippen LogP) is 3.87. The monoisotopic (exact) mass is 411 g/mol.